The van der Waals surface area contributed by atoms with Crippen molar-refractivity contribution in [3.05, 3.63) is 29.8 Å². The summed E-state index contributed by atoms with van der Waals surface area (Å²) in [6.07, 6.45) is 0.463. The zero-order valence-corrected chi connectivity index (χ0v) is 11.5. The fraction of sp³-hybridized carbons (Fsp3) is 0.429. The summed E-state index contributed by atoms with van der Waals surface area (Å²) in [5.41, 5.74) is -0.816. The second-order valence-electron chi connectivity index (χ2n) is 5.53. The smallest absolute Gasteiger partial charge is 0.310 e. The van der Waals surface area contributed by atoms with Crippen molar-refractivity contribution < 1.29 is 23.5 Å². The molecule has 114 valence electrons. The van der Waals surface area contributed by atoms with Crippen LogP contribution in [0, 0.1) is 17.0 Å². The first-order chi connectivity index (χ1) is 9.78. The highest BCUT2D eigenvalue weighted by Gasteiger charge is 2.40. The first kappa shape index (κ1) is 15.4. The van der Waals surface area contributed by atoms with Crippen molar-refractivity contribution in [2.24, 2.45) is 5.41 Å². The van der Waals surface area contributed by atoms with Gasteiger partial charge < -0.3 is 10.4 Å². The summed E-state index contributed by atoms with van der Waals surface area (Å²) >= 11 is 0. The summed E-state index contributed by atoms with van der Waals surface area (Å²) in [5.74, 6) is -2.87. The number of nitrogens with one attached hydrogen (secondary N) is 1. The Kier molecular flexibility index (Phi) is 4.22. The number of hydrogen-bond donors (Lipinski definition) is 2. The Balaban J connectivity index is 1.92. The normalized spacial score (nSPS) is 22.2. The van der Waals surface area contributed by atoms with Gasteiger partial charge in [-0.05, 0) is 32.0 Å². The molecular weight excluding hydrogens is 282 g/mol. The quantitative estimate of drug-likeness (QED) is 0.887. The van der Waals surface area contributed by atoms with Crippen molar-refractivity contribution in [1.29, 1.82) is 0 Å². The minimum absolute atomic E-state index is 0.0129. The van der Waals surface area contributed by atoms with E-state index in [1.807, 2.05) is 0 Å². The van der Waals surface area contributed by atoms with Crippen LogP contribution >= 0.6 is 0 Å². The molecule has 1 amide bonds. The molecule has 1 fully saturated rings. The monoisotopic (exact) mass is 298 g/mol. The SMILES string of the molecule is CC1(C(=O)O)CCN(CC(=O)Nc2cc(F)cc(F)c2)C1. The van der Waals surface area contributed by atoms with Crippen LogP contribution in [0.4, 0.5) is 14.5 Å². The van der Waals surface area contributed by atoms with E-state index in [1.165, 1.54) is 0 Å². The molecule has 1 aliphatic heterocycles. The molecule has 0 bridgehead atoms. The molecule has 21 heavy (non-hydrogen) atoms. The Bertz CT molecular complexity index is 559. The topological polar surface area (TPSA) is 69.6 Å². The number of rotatable bonds is 4. The highest BCUT2D eigenvalue weighted by Crippen LogP contribution is 2.29. The number of carbonyl (C=O) groups is 2. The molecule has 1 atom stereocenters. The van der Waals surface area contributed by atoms with Gasteiger partial charge in [0.15, 0.2) is 0 Å². The molecule has 7 heteroatoms. The number of anilines is 1. The molecule has 0 aliphatic carbocycles. The van der Waals surface area contributed by atoms with E-state index in [0.29, 0.717) is 19.0 Å². The van der Waals surface area contributed by atoms with E-state index in [0.717, 1.165) is 12.1 Å². The largest absolute Gasteiger partial charge is 0.481 e. The minimum atomic E-state index is -0.891. The zero-order chi connectivity index (χ0) is 15.6. The number of carboxylic acids is 1. The maximum absolute atomic E-state index is 13.0. The molecule has 0 spiro atoms. The van der Waals surface area contributed by atoms with Gasteiger partial charge in [-0.3, -0.25) is 14.5 Å². The number of hydrogen-bond acceptors (Lipinski definition) is 3. The van der Waals surface area contributed by atoms with Crippen LogP contribution in [0.1, 0.15) is 13.3 Å². The van der Waals surface area contributed by atoms with Crippen LogP contribution in [0.25, 0.3) is 0 Å². The molecule has 1 aliphatic rings. The summed E-state index contributed by atoms with van der Waals surface area (Å²) < 4.78 is 26.0. The third kappa shape index (κ3) is 3.75. The highest BCUT2D eigenvalue weighted by atomic mass is 19.1. The number of aliphatic carboxylic acids is 1. The number of carboxylic acid groups (broad SMARTS) is 1. The Morgan fingerprint density at radius 3 is 2.48 bits per heavy atom. The lowest BCUT2D eigenvalue weighted by molar-refractivity contribution is -0.147. The fourth-order valence-electron chi connectivity index (χ4n) is 2.40. The number of nitrogens with zero attached hydrogens (tertiary/aromatic N) is 1. The number of amides is 1. The van der Waals surface area contributed by atoms with Crippen LogP contribution in [-0.4, -0.2) is 41.5 Å². The lowest BCUT2D eigenvalue weighted by atomic mass is 9.90. The molecule has 1 heterocycles. The summed E-state index contributed by atoms with van der Waals surface area (Å²) in [4.78, 5) is 24.6. The number of carbonyl (C=O) groups excluding carboxylic acids is 1. The first-order valence-electron chi connectivity index (χ1n) is 6.50. The van der Waals surface area contributed by atoms with Gasteiger partial charge in [0.1, 0.15) is 11.6 Å². The first-order valence-corrected chi connectivity index (χ1v) is 6.50. The maximum atomic E-state index is 13.0. The average Bonchev–Trinajstić information content (AvgIpc) is 2.70. The van der Waals surface area contributed by atoms with Gasteiger partial charge in [0.05, 0.1) is 12.0 Å². The van der Waals surface area contributed by atoms with Gasteiger partial charge in [-0.15, -0.1) is 0 Å². The summed E-state index contributed by atoms with van der Waals surface area (Å²) in [6.45, 7) is 2.39. The van der Waals surface area contributed by atoms with Gasteiger partial charge in [0.25, 0.3) is 0 Å². The average molecular weight is 298 g/mol. The van der Waals surface area contributed by atoms with Crippen LogP contribution < -0.4 is 5.32 Å². The molecule has 2 N–H and O–H groups in total. The van der Waals surface area contributed by atoms with Crippen LogP contribution in [0.15, 0.2) is 18.2 Å². The van der Waals surface area contributed by atoms with Gasteiger partial charge in [0, 0.05) is 18.3 Å². The van der Waals surface area contributed by atoms with Crippen LogP contribution in [0.3, 0.4) is 0 Å². The molecule has 1 unspecified atom stereocenters. The third-order valence-electron chi connectivity index (χ3n) is 3.58. The Hall–Kier alpha value is -2.02. The molecule has 0 aromatic heterocycles. The van der Waals surface area contributed by atoms with Crippen molar-refractivity contribution in [2.75, 3.05) is 25.0 Å². The maximum Gasteiger partial charge on any atom is 0.310 e. The van der Waals surface area contributed by atoms with Crippen molar-refractivity contribution in [3.8, 4) is 0 Å². The van der Waals surface area contributed by atoms with Crippen molar-refractivity contribution in [3.63, 3.8) is 0 Å². The summed E-state index contributed by atoms with van der Waals surface area (Å²) in [5, 5.41) is 11.5. The van der Waals surface area contributed by atoms with Gasteiger partial charge in [-0.1, -0.05) is 0 Å². The number of likely N-dealkylation sites (tertiary alicyclic amines) is 1. The summed E-state index contributed by atoms with van der Waals surface area (Å²) in [7, 11) is 0. The van der Waals surface area contributed by atoms with E-state index < -0.39 is 28.9 Å². The Morgan fingerprint density at radius 2 is 1.95 bits per heavy atom. The predicted octanol–water partition coefficient (Wildman–Crippen LogP) is 1.70. The molecule has 0 saturated carbocycles. The van der Waals surface area contributed by atoms with E-state index in [-0.39, 0.29) is 18.8 Å². The van der Waals surface area contributed by atoms with E-state index >= 15 is 0 Å². The summed E-state index contributed by atoms with van der Waals surface area (Å²) in [6, 6.07) is 2.76. The van der Waals surface area contributed by atoms with Crippen LogP contribution in [0.2, 0.25) is 0 Å². The van der Waals surface area contributed by atoms with Crippen molar-refractivity contribution in [1.82, 2.24) is 4.90 Å². The number of halogens is 2. The molecule has 1 aromatic carbocycles. The fourth-order valence-corrected chi connectivity index (χ4v) is 2.40. The molecule has 1 aromatic rings. The highest BCUT2D eigenvalue weighted by molar-refractivity contribution is 5.92. The Labute approximate surface area is 120 Å². The molecule has 2 rings (SSSR count). The standard InChI is InChI=1S/C14H16F2N2O3/c1-14(13(20)21)2-3-18(8-14)7-12(19)17-11-5-9(15)4-10(16)6-11/h4-6H,2-3,7-8H2,1H3,(H,17,19)(H,20,21). The molecule has 0 radical (unpaired) electrons. The Morgan fingerprint density at radius 1 is 1.33 bits per heavy atom. The van der Waals surface area contributed by atoms with E-state index in [1.54, 1.807) is 11.8 Å². The molecule has 1 saturated heterocycles. The van der Waals surface area contributed by atoms with Gasteiger partial charge in [-0.25, -0.2) is 8.78 Å². The van der Waals surface area contributed by atoms with Crippen LogP contribution in [0.5, 0.6) is 0 Å². The predicted molar refractivity (Wildman–Crippen MR) is 71.8 cm³/mol. The van der Waals surface area contributed by atoms with E-state index in [2.05, 4.69) is 5.32 Å². The minimum Gasteiger partial charge on any atom is -0.481 e. The number of benzene rings is 1. The van der Waals surface area contributed by atoms with Crippen molar-refractivity contribution in [2.45, 2.75) is 13.3 Å². The lowest BCUT2D eigenvalue weighted by Crippen LogP contribution is -2.35. The second-order valence-corrected chi connectivity index (χ2v) is 5.53. The van der Waals surface area contributed by atoms with E-state index in [9.17, 15) is 18.4 Å². The third-order valence-corrected chi connectivity index (χ3v) is 3.58. The van der Waals surface area contributed by atoms with E-state index in [4.69, 9.17) is 5.11 Å². The van der Waals surface area contributed by atoms with Gasteiger partial charge in [0.2, 0.25) is 5.91 Å². The molecular formula is C14H16F2N2O3. The van der Waals surface area contributed by atoms with Gasteiger partial charge in [-0.2, -0.15) is 0 Å². The second kappa shape index (κ2) is 5.77. The zero-order valence-electron chi connectivity index (χ0n) is 11.5. The molecule has 5 nitrogen and oxygen atoms in total. The van der Waals surface area contributed by atoms with Crippen LogP contribution in [-0.2, 0) is 9.59 Å². The van der Waals surface area contributed by atoms with Crippen molar-refractivity contribution >= 4 is 17.6 Å². The lowest BCUT2D eigenvalue weighted by Gasteiger charge is -2.19. The van der Waals surface area contributed by atoms with Gasteiger partial charge >= 0.3 is 5.97 Å².